The molecule has 0 spiro atoms. The van der Waals surface area contributed by atoms with Gasteiger partial charge in [0.15, 0.2) is 6.61 Å². The molecule has 2 aromatic rings. The second-order valence-corrected chi connectivity index (χ2v) is 4.87. The molecule has 1 aromatic heterocycles. The average Bonchev–Trinajstić information content (AvgIpc) is 2.75. The molecular formula is C11H8N2O2S2. The minimum atomic E-state index is -0.135. The number of thiazole rings is 1. The molecular weight excluding hydrogens is 256 g/mol. The Morgan fingerprint density at radius 1 is 1.47 bits per heavy atom. The molecule has 0 saturated carbocycles. The third kappa shape index (κ3) is 2.01. The van der Waals surface area contributed by atoms with Crippen LogP contribution < -0.4 is 10.1 Å². The van der Waals surface area contributed by atoms with E-state index in [2.05, 4.69) is 22.9 Å². The molecule has 0 unspecified atom stereocenters. The smallest absolute Gasteiger partial charge is 0.262 e. The summed E-state index contributed by atoms with van der Waals surface area (Å²) in [6.07, 6.45) is 0. The predicted molar refractivity (Wildman–Crippen MR) is 68.9 cm³/mol. The summed E-state index contributed by atoms with van der Waals surface area (Å²) in [6.45, 7) is 0.0738. The Morgan fingerprint density at radius 2 is 2.35 bits per heavy atom. The van der Waals surface area contributed by atoms with Gasteiger partial charge in [-0.05, 0) is 18.2 Å². The molecule has 17 heavy (non-hydrogen) atoms. The fourth-order valence-corrected chi connectivity index (χ4v) is 2.62. The Labute approximate surface area is 107 Å². The zero-order chi connectivity index (χ0) is 11.8. The van der Waals surface area contributed by atoms with Crippen molar-refractivity contribution >= 4 is 35.6 Å². The van der Waals surface area contributed by atoms with Gasteiger partial charge in [0.1, 0.15) is 15.8 Å². The van der Waals surface area contributed by atoms with Gasteiger partial charge in [0.05, 0.1) is 5.69 Å². The van der Waals surface area contributed by atoms with Crippen LogP contribution in [0.25, 0.3) is 10.6 Å². The summed E-state index contributed by atoms with van der Waals surface area (Å²) < 4.78 is 5.29. The number of hydrogen-bond acceptors (Lipinski definition) is 5. The van der Waals surface area contributed by atoms with Crippen LogP contribution in [0.5, 0.6) is 5.75 Å². The van der Waals surface area contributed by atoms with Crippen molar-refractivity contribution in [1.82, 2.24) is 4.98 Å². The predicted octanol–water partition coefficient (Wildman–Crippen LogP) is 2.43. The van der Waals surface area contributed by atoms with E-state index < -0.39 is 0 Å². The summed E-state index contributed by atoms with van der Waals surface area (Å²) in [5.74, 6) is 0.555. The van der Waals surface area contributed by atoms with E-state index in [1.807, 2.05) is 23.6 Å². The van der Waals surface area contributed by atoms with Gasteiger partial charge in [-0.1, -0.05) is 0 Å². The number of carbonyl (C=O) groups is 1. The second-order valence-electron chi connectivity index (χ2n) is 3.56. The van der Waals surface area contributed by atoms with Crippen LogP contribution in [0, 0.1) is 0 Å². The molecule has 1 aliphatic rings. The average molecular weight is 264 g/mol. The fourth-order valence-electron chi connectivity index (χ4n) is 1.61. The highest BCUT2D eigenvalue weighted by Gasteiger charge is 2.16. The van der Waals surface area contributed by atoms with Crippen molar-refractivity contribution in [2.45, 2.75) is 5.03 Å². The van der Waals surface area contributed by atoms with E-state index in [0.717, 1.165) is 10.6 Å². The maximum atomic E-state index is 11.2. The van der Waals surface area contributed by atoms with Crippen LogP contribution in [0.15, 0.2) is 28.6 Å². The SMILES string of the molecule is O=C1COc2ccc(-c3nc(S)cs3)cc2N1. The summed E-state index contributed by atoms with van der Waals surface area (Å²) in [5, 5.41) is 6.21. The number of rotatable bonds is 1. The number of thiol groups is 1. The Kier molecular flexibility index (Phi) is 2.53. The highest BCUT2D eigenvalue weighted by atomic mass is 32.1. The molecule has 1 aliphatic heterocycles. The first-order chi connectivity index (χ1) is 8.22. The highest BCUT2D eigenvalue weighted by molar-refractivity contribution is 7.80. The lowest BCUT2D eigenvalue weighted by Gasteiger charge is -2.18. The Morgan fingerprint density at radius 3 is 3.12 bits per heavy atom. The molecule has 86 valence electrons. The van der Waals surface area contributed by atoms with Gasteiger partial charge in [-0.2, -0.15) is 0 Å². The van der Waals surface area contributed by atoms with Crippen LogP contribution >= 0.6 is 24.0 Å². The maximum Gasteiger partial charge on any atom is 0.262 e. The van der Waals surface area contributed by atoms with Gasteiger partial charge in [-0.25, -0.2) is 4.98 Å². The normalized spacial score (nSPS) is 13.8. The van der Waals surface area contributed by atoms with Gasteiger partial charge >= 0.3 is 0 Å². The third-order valence-corrected chi connectivity index (χ3v) is 3.65. The number of ether oxygens (including phenoxy) is 1. The van der Waals surface area contributed by atoms with E-state index >= 15 is 0 Å². The van der Waals surface area contributed by atoms with Crippen LogP contribution in [0.4, 0.5) is 5.69 Å². The summed E-state index contributed by atoms with van der Waals surface area (Å²) in [7, 11) is 0. The summed E-state index contributed by atoms with van der Waals surface area (Å²) in [4.78, 5) is 15.5. The number of fused-ring (bicyclic) bond motifs is 1. The third-order valence-electron chi connectivity index (χ3n) is 2.35. The lowest BCUT2D eigenvalue weighted by molar-refractivity contribution is -0.118. The monoisotopic (exact) mass is 264 g/mol. The number of anilines is 1. The van der Waals surface area contributed by atoms with Gasteiger partial charge in [0.25, 0.3) is 5.91 Å². The number of amides is 1. The van der Waals surface area contributed by atoms with Gasteiger partial charge < -0.3 is 10.1 Å². The molecule has 4 nitrogen and oxygen atoms in total. The van der Waals surface area contributed by atoms with Crippen molar-refractivity contribution in [2.75, 3.05) is 11.9 Å². The Hall–Kier alpha value is -1.53. The first kappa shape index (κ1) is 10.6. The zero-order valence-corrected chi connectivity index (χ0v) is 10.3. The van der Waals surface area contributed by atoms with Crippen molar-refractivity contribution in [3.8, 4) is 16.3 Å². The van der Waals surface area contributed by atoms with Crippen LogP contribution in [0.2, 0.25) is 0 Å². The zero-order valence-electron chi connectivity index (χ0n) is 8.64. The van der Waals surface area contributed by atoms with E-state index in [9.17, 15) is 4.79 Å². The molecule has 0 bridgehead atoms. The molecule has 0 aliphatic carbocycles. The number of nitrogens with zero attached hydrogens (tertiary/aromatic N) is 1. The highest BCUT2D eigenvalue weighted by Crippen LogP contribution is 2.34. The number of hydrogen-bond donors (Lipinski definition) is 2. The summed E-state index contributed by atoms with van der Waals surface area (Å²) >= 11 is 5.69. The Balaban J connectivity index is 2.03. The minimum absolute atomic E-state index is 0.0738. The molecule has 0 fully saturated rings. The van der Waals surface area contributed by atoms with Gasteiger partial charge in [-0.3, -0.25) is 4.79 Å². The molecule has 1 N–H and O–H groups in total. The van der Waals surface area contributed by atoms with Crippen molar-refractivity contribution in [3.63, 3.8) is 0 Å². The molecule has 3 rings (SSSR count). The van der Waals surface area contributed by atoms with E-state index in [4.69, 9.17) is 4.74 Å². The summed E-state index contributed by atoms with van der Waals surface area (Å²) in [5.41, 5.74) is 1.63. The van der Waals surface area contributed by atoms with E-state index in [0.29, 0.717) is 16.5 Å². The van der Waals surface area contributed by atoms with Gasteiger partial charge in [0.2, 0.25) is 0 Å². The first-order valence-electron chi connectivity index (χ1n) is 4.94. The molecule has 0 atom stereocenters. The molecule has 0 saturated heterocycles. The standard InChI is InChI=1S/C11H8N2O2S2/c14-9-4-15-8-2-1-6(3-7(8)12-9)11-13-10(16)5-17-11/h1-3,5,16H,4H2,(H,12,14). The van der Waals surface area contributed by atoms with Crippen molar-refractivity contribution in [2.24, 2.45) is 0 Å². The molecule has 0 radical (unpaired) electrons. The second kappa shape index (κ2) is 4.05. The first-order valence-corrected chi connectivity index (χ1v) is 6.26. The molecule has 2 heterocycles. The molecule has 1 amide bonds. The van der Waals surface area contributed by atoms with Crippen LogP contribution in [-0.2, 0) is 4.79 Å². The van der Waals surface area contributed by atoms with Crippen LogP contribution in [-0.4, -0.2) is 17.5 Å². The minimum Gasteiger partial charge on any atom is -0.482 e. The number of nitrogens with one attached hydrogen (secondary N) is 1. The van der Waals surface area contributed by atoms with Crippen LogP contribution in [0.1, 0.15) is 0 Å². The van der Waals surface area contributed by atoms with E-state index in [1.54, 1.807) is 0 Å². The Bertz CT molecular complexity index is 595. The quantitative estimate of drug-likeness (QED) is 0.778. The van der Waals surface area contributed by atoms with Crippen molar-refractivity contribution in [3.05, 3.63) is 23.6 Å². The van der Waals surface area contributed by atoms with E-state index in [1.165, 1.54) is 11.3 Å². The molecule has 6 heteroatoms. The largest absolute Gasteiger partial charge is 0.482 e. The lowest BCUT2D eigenvalue weighted by Crippen LogP contribution is -2.25. The van der Waals surface area contributed by atoms with Gasteiger partial charge in [0, 0.05) is 10.9 Å². The number of benzene rings is 1. The van der Waals surface area contributed by atoms with Gasteiger partial charge in [-0.15, -0.1) is 24.0 Å². The number of aromatic nitrogens is 1. The lowest BCUT2D eigenvalue weighted by atomic mass is 10.2. The van der Waals surface area contributed by atoms with Crippen molar-refractivity contribution < 1.29 is 9.53 Å². The van der Waals surface area contributed by atoms with Crippen LogP contribution in [0.3, 0.4) is 0 Å². The maximum absolute atomic E-state index is 11.2. The fraction of sp³-hybridized carbons (Fsp3) is 0.0909. The topological polar surface area (TPSA) is 51.2 Å². The summed E-state index contributed by atoms with van der Waals surface area (Å²) in [6, 6.07) is 5.62. The van der Waals surface area contributed by atoms with E-state index in [-0.39, 0.29) is 12.5 Å². The molecule has 1 aromatic carbocycles. The van der Waals surface area contributed by atoms with Crippen molar-refractivity contribution in [1.29, 1.82) is 0 Å². The number of carbonyl (C=O) groups excluding carboxylic acids is 1.